The lowest BCUT2D eigenvalue weighted by Crippen LogP contribution is -2.58. The summed E-state index contributed by atoms with van der Waals surface area (Å²) in [6, 6.07) is 8.93. The van der Waals surface area contributed by atoms with Gasteiger partial charge in [0.25, 0.3) is 5.91 Å². The predicted molar refractivity (Wildman–Crippen MR) is 116 cm³/mol. The fourth-order valence-corrected chi connectivity index (χ4v) is 4.26. The number of benzene rings is 1. The van der Waals surface area contributed by atoms with Gasteiger partial charge in [-0.2, -0.15) is 5.10 Å². The molecule has 158 valence electrons. The summed E-state index contributed by atoms with van der Waals surface area (Å²) in [5, 5.41) is 4.54. The molecule has 0 radical (unpaired) electrons. The van der Waals surface area contributed by atoms with E-state index in [1.165, 1.54) is 11.1 Å². The highest BCUT2D eigenvalue weighted by Crippen LogP contribution is 2.24. The first-order valence-corrected chi connectivity index (χ1v) is 10.5. The van der Waals surface area contributed by atoms with E-state index in [0.717, 1.165) is 43.9 Å². The van der Waals surface area contributed by atoms with Crippen molar-refractivity contribution in [2.45, 2.75) is 46.2 Å². The summed E-state index contributed by atoms with van der Waals surface area (Å²) in [5.41, 5.74) is 5.08. The van der Waals surface area contributed by atoms with Crippen molar-refractivity contribution in [2.24, 2.45) is 7.05 Å². The van der Waals surface area contributed by atoms with Crippen molar-refractivity contribution in [2.75, 3.05) is 33.4 Å². The zero-order valence-corrected chi connectivity index (χ0v) is 18.6. The van der Waals surface area contributed by atoms with Crippen LogP contribution in [0.25, 0.3) is 11.3 Å². The van der Waals surface area contributed by atoms with Gasteiger partial charge in [0.1, 0.15) is 0 Å². The van der Waals surface area contributed by atoms with Crippen LogP contribution < -0.4 is 0 Å². The first kappa shape index (κ1) is 21.5. The average Bonchev–Trinajstić information content (AvgIpc) is 3.07. The molecule has 0 spiro atoms. The summed E-state index contributed by atoms with van der Waals surface area (Å²) in [6.45, 7) is 11.8. The number of piperazine rings is 1. The van der Waals surface area contributed by atoms with Crippen LogP contribution in [0.1, 0.15) is 41.9 Å². The number of nitrogens with zero attached hydrogens (tertiary/aromatic N) is 4. The van der Waals surface area contributed by atoms with Crippen molar-refractivity contribution in [3.63, 3.8) is 0 Å². The van der Waals surface area contributed by atoms with Gasteiger partial charge in [0, 0.05) is 58.0 Å². The van der Waals surface area contributed by atoms with Gasteiger partial charge in [0.2, 0.25) is 0 Å². The Labute approximate surface area is 174 Å². The van der Waals surface area contributed by atoms with Crippen LogP contribution in [0.2, 0.25) is 0 Å². The number of carbonyl (C=O) groups excluding carboxylic acids is 1. The molecule has 2 aromatic rings. The summed E-state index contributed by atoms with van der Waals surface area (Å²) in [5.74, 6) is 0.0194. The van der Waals surface area contributed by atoms with Crippen molar-refractivity contribution in [1.29, 1.82) is 0 Å². The molecule has 2 atom stereocenters. The van der Waals surface area contributed by atoms with E-state index in [0.29, 0.717) is 17.8 Å². The Hall–Kier alpha value is -2.18. The Bertz CT molecular complexity index is 849. The van der Waals surface area contributed by atoms with E-state index in [-0.39, 0.29) is 5.91 Å². The van der Waals surface area contributed by atoms with E-state index >= 15 is 0 Å². The maximum atomic E-state index is 13.2. The van der Waals surface area contributed by atoms with E-state index in [4.69, 9.17) is 4.74 Å². The largest absolute Gasteiger partial charge is 0.385 e. The highest BCUT2D eigenvalue weighted by atomic mass is 16.5. The molecule has 1 aliphatic rings. The molecule has 1 aliphatic heterocycles. The SMILES string of the molecule is COCCCN1C(C)CN(C(=O)c2cc(-c3ccc(C)c(C)c3)n(C)n2)CC1C. The number of hydrogen-bond donors (Lipinski definition) is 0. The molecule has 3 rings (SSSR count). The number of methoxy groups -OCH3 is 1. The standard InChI is InChI=1S/C23H34N4O2/c1-16-8-9-20(12-17(16)2)22-13-21(24-25(22)5)23(28)26-14-18(3)27(19(4)15-26)10-7-11-29-6/h8-9,12-13,18-19H,7,10-11,14-15H2,1-6H3. The Kier molecular flexibility index (Phi) is 6.75. The molecule has 1 aromatic carbocycles. The van der Waals surface area contributed by atoms with E-state index in [1.54, 1.807) is 7.11 Å². The monoisotopic (exact) mass is 398 g/mol. The molecule has 1 fully saturated rings. The van der Waals surface area contributed by atoms with Crippen LogP contribution in [0.5, 0.6) is 0 Å². The normalized spacial score (nSPS) is 20.3. The third kappa shape index (κ3) is 4.70. The molecule has 29 heavy (non-hydrogen) atoms. The molecule has 2 unspecified atom stereocenters. The van der Waals surface area contributed by atoms with E-state index in [2.05, 4.69) is 55.9 Å². The Balaban J connectivity index is 1.73. The minimum Gasteiger partial charge on any atom is -0.385 e. The van der Waals surface area contributed by atoms with Crippen LogP contribution in [0.3, 0.4) is 0 Å². The lowest BCUT2D eigenvalue weighted by Gasteiger charge is -2.44. The Morgan fingerprint density at radius 1 is 1.14 bits per heavy atom. The van der Waals surface area contributed by atoms with Gasteiger partial charge >= 0.3 is 0 Å². The lowest BCUT2D eigenvalue weighted by atomic mass is 10.0. The highest BCUT2D eigenvalue weighted by molar-refractivity contribution is 5.93. The van der Waals surface area contributed by atoms with Crippen molar-refractivity contribution < 1.29 is 9.53 Å². The molecule has 0 bridgehead atoms. The quantitative estimate of drug-likeness (QED) is 0.701. The van der Waals surface area contributed by atoms with Crippen molar-refractivity contribution in [1.82, 2.24) is 19.6 Å². The molecule has 0 N–H and O–H groups in total. The molecular formula is C23H34N4O2. The molecule has 6 heteroatoms. The predicted octanol–water partition coefficient (Wildman–Crippen LogP) is 3.28. The zero-order valence-electron chi connectivity index (χ0n) is 18.6. The first-order chi connectivity index (χ1) is 13.8. The lowest BCUT2D eigenvalue weighted by molar-refractivity contribution is 0.0266. The second-order valence-corrected chi connectivity index (χ2v) is 8.33. The average molecular weight is 399 g/mol. The van der Waals surface area contributed by atoms with E-state index < -0.39 is 0 Å². The molecule has 1 amide bonds. The molecule has 0 saturated carbocycles. The number of ether oxygens (including phenoxy) is 1. The van der Waals surface area contributed by atoms with Crippen molar-refractivity contribution in [3.8, 4) is 11.3 Å². The van der Waals surface area contributed by atoms with Gasteiger partial charge in [-0.25, -0.2) is 0 Å². The van der Waals surface area contributed by atoms with Gasteiger partial charge in [-0.05, 0) is 57.4 Å². The fraction of sp³-hybridized carbons (Fsp3) is 0.565. The highest BCUT2D eigenvalue weighted by Gasteiger charge is 2.32. The number of hydrogen-bond acceptors (Lipinski definition) is 4. The third-order valence-corrected chi connectivity index (χ3v) is 6.06. The van der Waals surface area contributed by atoms with E-state index in [1.807, 2.05) is 22.7 Å². The molecular weight excluding hydrogens is 364 g/mol. The smallest absolute Gasteiger partial charge is 0.274 e. The van der Waals surface area contributed by atoms with Gasteiger partial charge in [-0.15, -0.1) is 0 Å². The molecule has 0 aliphatic carbocycles. The van der Waals surface area contributed by atoms with Gasteiger partial charge in [-0.3, -0.25) is 14.4 Å². The summed E-state index contributed by atoms with van der Waals surface area (Å²) in [4.78, 5) is 17.6. The van der Waals surface area contributed by atoms with Gasteiger partial charge in [0.05, 0.1) is 5.69 Å². The number of aryl methyl sites for hydroxylation is 3. The summed E-state index contributed by atoms with van der Waals surface area (Å²) < 4.78 is 6.99. The Morgan fingerprint density at radius 3 is 2.45 bits per heavy atom. The van der Waals surface area contributed by atoms with Crippen LogP contribution in [0, 0.1) is 13.8 Å². The number of rotatable bonds is 6. The topological polar surface area (TPSA) is 50.6 Å². The third-order valence-electron chi connectivity index (χ3n) is 6.06. The number of amides is 1. The fourth-order valence-electron chi connectivity index (χ4n) is 4.26. The number of aromatic nitrogens is 2. The van der Waals surface area contributed by atoms with Gasteiger partial charge in [0.15, 0.2) is 5.69 Å². The minimum atomic E-state index is 0.0194. The molecule has 1 aromatic heterocycles. The second kappa shape index (κ2) is 9.09. The minimum absolute atomic E-state index is 0.0194. The van der Waals surface area contributed by atoms with Crippen molar-refractivity contribution in [3.05, 3.63) is 41.1 Å². The summed E-state index contributed by atoms with van der Waals surface area (Å²) in [6.07, 6.45) is 1.01. The van der Waals surface area contributed by atoms with Crippen LogP contribution in [0.4, 0.5) is 0 Å². The molecule has 1 saturated heterocycles. The second-order valence-electron chi connectivity index (χ2n) is 8.33. The maximum Gasteiger partial charge on any atom is 0.274 e. The zero-order chi connectivity index (χ0) is 21.1. The molecule has 6 nitrogen and oxygen atoms in total. The maximum absolute atomic E-state index is 13.2. The van der Waals surface area contributed by atoms with Crippen LogP contribution in [-0.4, -0.2) is 70.9 Å². The molecule has 2 heterocycles. The number of carbonyl (C=O) groups is 1. The van der Waals surface area contributed by atoms with E-state index in [9.17, 15) is 4.79 Å². The van der Waals surface area contributed by atoms with Gasteiger partial charge < -0.3 is 9.64 Å². The summed E-state index contributed by atoms with van der Waals surface area (Å²) in [7, 11) is 3.64. The van der Waals surface area contributed by atoms with Crippen LogP contribution in [-0.2, 0) is 11.8 Å². The summed E-state index contributed by atoms with van der Waals surface area (Å²) >= 11 is 0. The van der Waals surface area contributed by atoms with Crippen LogP contribution in [0.15, 0.2) is 24.3 Å². The van der Waals surface area contributed by atoms with Crippen LogP contribution >= 0.6 is 0 Å². The first-order valence-electron chi connectivity index (χ1n) is 10.5. The van der Waals surface area contributed by atoms with Gasteiger partial charge in [-0.1, -0.05) is 12.1 Å². The Morgan fingerprint density at radius 2 is 1.83 bits per heavy atom. The van der Waals surface area contributed by atoms with Crippen molar-refractivity contribution >= 4 is 5.91 Å².